The van der Waals surface area contributed by atoms with Gasteiger partial charge in [-0.15, -0.1) is 0 Å². The van der Waals surface area contributed by atoms with Crippen LogP contribution < -0.4 is 70.9 Å². The van der Waals surface area contributed by atoms with E-state index in [4.69, 9.17) is 9.47 Å². The molecular weight excluding hydrogens is 642 g/mol. The van der Waals surface area contributed by atoms with Gasteiger partial charge in [-0.05, 0) is 67.8 Å². The topological polar surface area (TPSA) is 87.1 Å². The van der Waals surface area contributed by atoms with E-state index < -0.39 is 5.97 Å². The summed E-state index contributed by atoms with van der Waals surface area (Å²) in [4.78, 5) is 29.5. The van der Waals surface area contributed by atoms with Crippen molar-refractivity contribution in [3.8, 4) is 11.5 Å². The first-order valence-electron chi connectivity index (χ1n) is 16.7. The summed E-state index contributed by atoms with van der Waals surface area (Å²) in [6, 6.07) is 31.8. The van der Waals surface area contributed by atoms with E-state index in [0.29, 0.717) is 29.8 Å². The standard InChI is InChI=1S/C40H43N3O5.K/c1-29-13-15-30(16-14-29)37(21-23-41-24-26-42(27-25-41)36-10-5-6-11-38(36)47-2)48-32-19-17-31(18-20-32)40(46)34-28-43(22-7-12-39(44)45)35-9-4-3-8-33(34)35;/h3-6,8-11,13-20,28,37H,7,12,21-27H2,1-2H3,(H,44,45);/q;+1/p-1/t37-;/m1./s1. The Hall–Kier alpha value is -3.44. The zero-order valence-electron chi connectivity index (χ0n) is 28.6. The number of piperazine rings is 1. The van der Waals surface area contributed by atoms with Crippen LogP contribution in [-0.2, 0) is 11.3 Å². The van der Waals surface area contributed by atoms with E-state index in [9.17, 15) is 14.7 Å². The predicted molar refractivity (Wildman–Crippen MR) is 187 cm³/mol. The number of carboxylic acids is 1. The largest absolute Gasteiger partial charge is 1.00 e. The van der Waals surface area contributed by atoms with Crippen molar-refractivity contribution < 1.29 is 75.6 Å². The number of ketones is 1. The van der Waals surface area contributed by atoms with Crippen LogP contribution in [0.3, 0.4) is 0 Å². The van der Waals surface area contributed by atoms with Crippen molar-refractivity contribution in [2.75, 3.05) is 44.7 Å². The molecule has 0 saturated carbocycles. The Balaban J connectivity index is 0.00000468. The van der Waals surface area contributed by atoms with E-state index in [2.05, 4.69) is 53.1 Å². The Morgan fingerprint density at radius 2 is 1.53 bits per heavy atom. The molecule has 9 heteroatoms. The molecule has 1 aromatic heterocycles. The second-order valence-electron chi connectivity index (χ2n) is 12.4. The first-order valence-corrected chi connectivity index (χ1v) is 16.7. The van der Waals surface area contributed by atoms with E-state index in [-0.39, 0.29) is 69.7 Å². The van der Waals surface area contributed by atoms with E-state index in [0.717, 1.165) is 67.0 Å². The van der Waals surface area contributed by atoms with Gasteiger partial charge in [0.25, 0.3) is 0 Å². The van der Waals surface area contributed by atoms with Crippen LogP contribution in [0, 0.1) is 6.92 Å². The van der Waals surface area contributed by atoms with E-state index in [1.165, 1.54) is 5.56 Å². The summed E-state index contributed by atoms with van der Waals surface area (Å²) in [5.74, 6) is 0.462. The Morgan fingerprint density at radius 3 is 2.24 bits per heavy atom. The van der Waals surface area contributed by atoms with Gasteiger partial charge in [-0.2, -0.15) is 0 Å². The summed E-state index contributed by atoms with van der Waals surface area (Å²) in [6.07, 6.45) is 2.92. The quantitative estimate of drug-likeness (QED) is 0.131. The molecule has 4 aromatic carbocycles. The number of anilines is 1. The van der Waals surface area contributed by atoms with E-state index in [1.807, 2.05) is 71.4 Å². The van der Waals surface area contributed by atoms with Crippen LogP contribution in [0.4, 0.5) is 5.69 Å². The molecule has 0 amide bonds. The maximum atomic E-state index is 13.7. The molecule has 0 bridgehead atoms. The van der Waals surface area contributed by atoms with Crippen molar-refractivity contribution in [3.63, 3.8) is 0 Å². The predicted octanol–water partition coefficient (Wildman–Crippen LogP) is 3.06. The summed E-state index contributed by atoms with van der Waals surface area (Å²) in [7, 11) is 1.72. The van der Waals surface area contributed by atoms with E-state index >= 15 is 0 Å². The average Bonchev–Trinajstić information content (AvgIpc) is 3.49. The number of carbonyl (C=O) groups excluding carboxylic acids is 2. The third-order valence-electron chi connectivity index (χ3n) is 9.16. The number of aryl methyl sites for hydroxylation is 2. The molecule has 1 aliphatic heterocycles. The van der Waals surface area contributed by atoms with Crippen molar-refractivity contribution in [1.82, 2.24) is 9.47 Å². The van der Waals surface area contributed by atoms with Gasteiger partial charge < -0.3 is 28.8 Å². The first-order chi connectivity index (χ1) is 23.4. The summed E-state index contributed by atoms with van der Waals surface area (Å²) in [5, 5.41) is 11.8. The molecule has 49 heavy (non-hydrogen) atoms. The van der Waals surface area contributed by atoms with Gasteiger partial charge in [0.1, 0.15) is 17.6 Å². The number of para-hydroxylation sites is 3. The summed E-state index contributed by atoms with van der Waals surface area (Å²) < 4.78 is 14.1. The fourth-order valence-electron chi connectivity index (χ4n) is 6.49. The third kappa shape index (κ3) is 9.22. The summed E-state index contributed by atoms with van der Waals surface area (Å²) in [5.41, 5.74) is 5.53. The fourth-order valence-corrected chi connectivity index (χ4v) is 6.49. The Labute approximate surface area is 331 Å². The van der Waals surface area contributed by atoms with Gasteiger partial charge in [-0.1, -0.05) is 60.2 Å². The van der Waals surface area contributed by atoms with Crippen LogP contribution >= 0.6 is 0 Å². The number of hydrogen-bond donors (Lipinski definition) is 0. The summed E-state index contributed by atoms with van der Waals surface area (Å²) >= 11 is 0. The Morgan fingerprint density at radius 1 is 0.837 bits per heavy atom. The molecule has 1 aliphatic rings. The average molecular weight is 684 g/mol. The number of carboxylic acid groups (broad SMARTS) is 1. The van der Waals surface area contributed by atoms with Crippen LogP contribution in [-0.4, -0.2) is 61.1 Å². The van der Waals surface area contributed by atoms with Crippen molar-refractivity contribution >= 4 is 28.3 Å². The number of benzene rings is 4. The number of hydrogen-bond acceptors (Lipinski definition) is 7. The number of aliphatic carboxylic acids is 1. The molecule has 0 spiro atoms. The van der Waals surface area contributed by atoms with Crippen LogP contribution in [0.25, 0.3) is 10.9 Å². The van der Waals surface area contributed by atoms with Crippen molar-refractivity contribution in [3.05, 3.63) is 126 Å². The number of fused-ring (bicyclic) bond motifs is 1. The maximum absolute atomic E-state index is 13.7. The molecule has 1 saturated heterocycles. The minimum atomic E-state index is -1.07. The molecule has 0 radical (unpaired) electrons. The van der Waals surface area contributed by atoms with Crippen LogP contribution in [0.5, 0.6) is 11.5 Å². The zero-order valence-corrected chi connectivity index (χ0v) is 31.8. The zero-order chi connectivity index (χ0) is 33.5. The SMILES string of the molecule is COc1ccccc1N1CCN(CC[C@@H](Oc2ccc(C(=O)c3cn(CCCC(=O)[O-])c4ccccc34)cc2)c2ccc(C)cc2)CC1.[K+]. The molecule has 1 atom stereocenters. The van der Waals surface area contributed by atoms with Gasteiger partial charge in [0.15, 0.2) is 5.78 Å². The third-order valence-corrected chi connectivity index (χ3v) is 9.16. The van der Waals surface area contributed by atoms with Gasteiger partial charge in [-0.3, -0.25) is 9.69 Å². The van der Waals surface area contributed by atoms with Gasteiger partial charge in [0, 0.05) is 79.9 Å². The smallest absolute Gasteiger partial charge is 0.550 e. The molecule has 2 heterocycles. The van der Waals surface area contributed by atoms with Crippen LogP contribution in [0.15, 0.2) is 103 Å². The number of methoxy groups -OCH3 is 1. The first kappa shape index (κ1) is 36.8. The number of nitrogens with zero attached hydrogens (tertiary/aromatic N) is 3. The van der Waals surface area contributed by atoms with E-state index in [1.54, 1.807) is 7.11 Å². The Bertz CT molecular complexity index is 1850. The second kappa shape index (κ2) is 17.5. The number of ether oxygens (including phenoxy) is 2. The summed E-state index contributed by atoms with van der Waals surface area (Å²) in [6.45, 7) is 7.27. The van der Waals surface area contributed by atoms with Crippen LogP contribution in [0.1, 0.15) is 52.4 Å². The monoisotopic (exact) mass is 683 g/mol. The van der Waals surface area contributed by atoms with Gasteiger partial charge >= 0.3 is 51.4 Å². The molecule has 8 nitrogen and oxygen atoms in total. The normalized spacial score (nSPS) is 13.9. The molecule has 5 aromatic rings. The van der Waals surface area contributed by atoms with Gasteiger partial charge in [0.05, 0.1) is 12.8 Å². The molecule has 6 rings (SSSR count). The molecular formula is C40H42KN3O5. The Kier molecular flexibility index (Phi) is 13.1. The fraction of sp³-hybridized carbons (Fsp3) is 0.300. The molecule has 1 fully saturated rings. The minimum absolute atomic E-state index is 0. The number of carbonyl (C=O) groups is 2. The van der Waals surface area contributed by atoms with Gasteiger partial charge in [-0.25, -0.2) is 0 Å². The number of rotatable bonds is 14. The van der Waals surface area contributed by atoms with Crippen LogP contribution in [0.2, 0.25) is 0 Å². The van der Waals surface area contributed by atoms with Crippen molar-refractivity contribution in [2.45, 2.75) is 38.8 Å². The maximum Gasteiger partial charge on any atom is 1.00 e. The molecule has 0 N–H and O–H groups in total. The number of aromatic nitrogens is 1. The molecule has 0 aliphatic carbocycles. The second-order valence-corrected chi connectivity index (χ2v) is 12.4. The van der Waals surface area contributed by atoms with Crippen molar-refractivity contribution in [2.24, 2.45) is 0 Å². The van der Waals surface area contributed by atoms with Crippen molar-refractivity contribution in [1.29, 1.82) is 0 Å². The molecule has 248 valence electrons. The minimum Gasteiger partial charge on any atom is -0.550 e. The molecule has 0 unspecified atom stereocenters. The van der Waals surface area contributed by atoms with Gasteiger partial charge in [0.2, 0.25) is 0 Å².